The summed E-state index contributed by atoms with van der Waals surface area (Å²) in [4.78, 5) is 8.64. The topological polar surface area (TPSA) is 42.9 Å². The van der Waals surface area contributed by atoms with Crippen molar-refractivity contribution in [3.05, 3.63) is 35.9 Å². The standard InChI is InChI=1S/C9H12N2OS.C2H4/c1-6-8-5-13(12)4-3-9(8)11-7(2)10-6;1-2/h3-5H2,1-2H3;1-2H2. The molecule has 3 nitrogen and oxygen atoms in total. The molecule has 2 heterocycles. The zero-order valence-electron chi connectivity index (χ0n) is 9.25. The Kier molecular flexibility index (Phi) is 4.15. The fourth-order valence-electron chi connectivity index (χ4n) is 1.65. The molecule has 4 heteroatoms. The summed E-state index contributed by atoms with van der Waals surface area (Å²) in [6.07, 6.45) is 0.839. The number of aryl methyl sites for hydroxylation is 3. The zero-order valence-corrected chi connectivity index (χ0v) is 10.1. The summed E-state index contributed by atoms with van der Waals surface area (Å²) in [6, 6.07) is 0. The predicted molar refractivity (Wildman–Crippen MR) is 63.2 cm³/mol. The zero-order chi connectivity index (χ0) is 11.4. The Hall–Kier alpha value is -1.03. The van der Waals surface area contributed by atoms with Gasteiger partial charge < -0.3 is 0 Å². The van der Waals surface area contributed by atoms with Gasteiger partial charge in [-0.1, -0.05) is 0 Å². The molecule has 1 aromatic heterocycles. The second kappa shape index (κ2) is 5.16. The summed E-state index contributed by atoms with van der Waals surface area (Å²) >= 11 is 0. The minimum absolute atomic E-state index is 0.640. The van der Waals surface area contributed by atoms with Crippen LogP contribution >= 0.6 is 0 Å². The first-order valence-electron chi connectivity index (χ1n) is 4.85. The van der Waals surface area contributed by atoms with E-state index in [1.807, 2.05) is 13.8 Å². The molecule has 82 valence electrons. The van der Waals surface area contributed by atoms with Crippen LogP contribution in [0.5, 0.6) is 0 Å². The fourth-order valence-corrected chi connectivity index (χ4v) is 2.91. The highest BCUT2D eigenvalue weighted by Crippen LogP contribution is 2.18. The Labute approximate surface area is 93.1 Å². The third-order valence-corrected chi connectivity index (χ3v) is 3.55. The van der Waals surface area contributed by atoms with E-state index in [1.54, 1.807) is 0 Å². The van der Waals surface area contributed by atoms with Crippen molar-refractivity contribution >= 4 is 10.8 Å². The lowest BCUT2D eigenvalue weighted by Gasteiger charge is -2.16. The van der Waals surface area contributed by atoms with E-state index in [1.165, 1.54) is 0 Å². The SMILES string of the molecule is C=C.Cc1nc(C)c2c(n1)CCS(=O)C2. The van der Waals surface area contributed by atoms with Crippen molar-refractivity contribution in [2.75, 3.05) is 5.75 Å². The van der Waals surface area contributed by atoms with Crippen LogP contribution in [-0.4, -0.2) is 19.9 Å². The number of rotatable bonds is 0. The monoisotopic (exact) mass is 224 g/mol. The molecule has 0 radical (unpaired) electrons. The maximum Gasteiger partial charge on any atom is 0.125 e. The molecule has 1 unspecified atom stereocenters. The van der Waals surface area contributed by atoms with Crippen LogP contribution in [0.1, 0.15) is 22.8 Å². The summed E-state index contributed by atoms with van der Waals surface area (Å²) in [6.45, 7) is 9.87. The number of aromatic nitrogens is 2. The summed E-state index contributed by atoms with van der Waals surface area (Å²) in [5.74, 6) is 2.22. The van der Waals surface area contributed by atoms with Crippen molar-refractivity contribution in [3.8, 4) is 0 Å². The number of nitrogens with zero attached hydrogens (tertiary/aromatic N) is 2. The molecule has 1 atom stereocenters. The Morgan fingerprint density at radius 1 is 1.27 bits per heavy atom. The highest BCUT2D eigenvalue weighted by molar-refractivity contribution is 7.84. The summed E-state index contributed by atoms with van der Waals surface area (Å²) in [7, 11) is -0.698. The highest BCUT2D eigenvalue weighted by Gasteiger charge is 2.18. The van der Waals surface area contributed by atoms with Crippen LogP contribution in [-0.2, 0) is 23.0 Å². The lowest BCUT2D eigenvalue weighted by atomic mass is 10.1. The van der Waals surface area contributed by atoms with Crippen LogP contribution in [0.4, 0.5) is 0 Å². The maximum atomic E-state index is 11.3. The number of hydrogen-bond donors (Lipinski definition) is 0. The van der Waals surface area contributed by atoms with Crippen molar-refractivity contribution in [2.24, 2.45) is 0 Å². The molecule has 0 saturated carbocycles. The Balaban J connectivity index is 0.000000531. The van der Waals surface area contributed by atoms with Crippen LogP contribution in [0.2, 0.25) is 0 Å². The lowest BCUT2D eigenvalue weighted by molar-refractivity contribution is 0.677. The van der Waals surface area contributed by atoms with Gasteiger partial charge in [0.05, 0.1) is 5.75 Å². The smallest absolute Gasteiger partial charge is 0.125 e. The van der Waals surface area contributed by atoms with Gasteiger partial charge in [0.15, 0.2) is 0 Å². The molecule has 0 fully saturated rings. The number of hydrogen-bond acceptors (Lipinski definition) is 3. The van der Waals surface area contributed by atoms with Gasteiger partial charge in [-0.05, 0) is 13.8 Å². The molecule has 1 aliphatic rings. The molecule has 0 N–H and O–H groups in total. The van der Waals surface area contributed by atoms with Crippen LogP contribution in [0, 0.1) is 13.8 Å². The van der Waals surface area contributed by atoms with Gasteiger partial charge in [-0.3, -0.25) is 4.21 Å². The number of fused-ring (bicyclic) bond motifs is 1. The summed E-state index contributed by atoms with van der Waals surface area (Å²) in [5, 5.41) is 0. The second-order valence-corrected chi connectivity index (χ2v) is 4.90. The fraction of sp³-hybridized carbons (Fsp3) is 0.455. The van der Waals surface area contributed by atoms with E-state index < -0.39 is 10.8 Å². The quantitative estimate of drug-likeness (QED) is 0.630. The normalized spacial score (nSPS) is 18.7. The molecule has 0 aliphatic carbocycles. The van der Waals surface area contributed by atoms with Gasteiger partial charge in [-0.25, -0.2) is 9.97 Å². The van der Waals surface area contributed by atoms with E-state index in [0.29, 0.717) is 5.75 Å². The third kappa shape index (κ3) is 2.72. The van der Waals surface area contributed by atoms with Gasteiger partial charge in [0.1, 0.15) is 5.82 Å². The molecule has 1 aliphatic heterocycles. The highest BCUT2D eigenvalue weighted by atomic mass is 32.2. The minimum Gasteiger partial charge on any atom is -0.259 e. The van der Waals surface area contributed by atoms with E-state index in [-0.39, 0.29) is 0 Å². The van der Waals surface area contributed by atoms with Crippen molar-refractivity contribution in [2.45, 2.75) is 26.0 Å². The van der Waals surface area contributed by atoms with E-state index in [2.05, 4.69) is 23.1 Å². The molecule has 0 aromatic carbocycles. The predicted octanol–water partition coefficient (Wildman–Crippen LogP) is 1.70. The van der Waals surface area contributed by atoms with Gasteiger partial charge in [0.2, 0.25) is 0 Å². The summed E-state index contributed by atoms with van der Waals surface area (Å²) < 4.78 is 11.3. The van der Waals surface area contributed by atoms with Gasteiger partial charge >= 0.3 is 0 Å². The largest absolute Gasteiger partial charge is 0.259 e. The molecule has 2 rings (SSSR count). The molecule has 15 heavy (non-hydrogen) atoms. The van der Waals surface area contributed by atoms with Crippen molar-refractivity contribution in [1.82, 2.24) is 9.97 Å². The van der Waals surface area contributed by atoms with Crippen molar-refractivity contribution < 1.29 is 4.21 Å². The lowest BCUT2D eigenvalue weighted by Crippen LogP contribution is -2.17. The van der Waals surface area contributed by atoms with E-state index in [9.17, 15) is 4.21 Å². The van der Waals surface area contributed by atoms with E-state index in [0.717, 1.165) is 34.9 Å². The average Bonchev–Trinajstić information content (AvgIpc) is 2.22. The molecular formula is C11H16N2OS. The summed E-state index contributed by atoms with van der Waals surface area (Å²) in [5.41, 5.74) is 3.20. The van der Waals surface area contributed by atoms with Crippen LogP contribution < -0.4 is 0 Å². The maximum absolute atomic E-state index is 11.3. The Morgan fingerprint density at radius 2 is 1.93 bits per heavy atom. The first kappa shape index (κ1) is 12.0. The van der Waals surface area contributed by atoms with Crippen LogP contribution in [0.25, 0.3) is 0 Å². The molecule has 0 saturated heterocycles. The van der Waals surface area contributed by atoms with Gasteiger partial charge in [0, 0.05) is 39.9 Å². The van der Waals surface area contributed by atoms with Gasteiger partial charge in [-0.15, -0.1) is 13.2 Å². The Morgan fingerprint density at radius 3 is 2.60 bits per heavy atom. The first-order valence-corrected chi connectivity index (χ1v) is 6.33. The van der Waals surface area contributed by atoms with Gasteiger partial charge in [0.25, 0.3) is 0 Å². The van der Waals surface area contributed by atoms with E-state index in [4.69, 9.17) is 0 Å². The second-order valence-electron chi connectivity index (χ2n) is 3.32. The van der Waals surface area contributed by atoms with Crippen LogP contribution in [0.3, 0.4) is 0 Å². The molecular weight excluding hydrogens is 208 g/mol. The molecule has 0 amide bonds. The van der Waals surface area contributed by atoms with Crippen molar-refractivity contribution in [3.63, 3.8) is 0 Å². The van der Waals surface area contributed by atoms with Gasteiger partial charge in [-0.2, -0.15) is 0 Å². The van der Waals surface area contributed by atoms with Crippen molar-refractivity contribution in [1.29, 1.82) is 0 Å². The molecule has 1 aromatic rings. The van der Waals surface area contributed by atoms with E-state index >= 15 is 0 Å². The minimum atomic E-state index is -0.698. The first-order chi connectivity index (χ1) is 7.16. The molecule has 0 spiro atoms. The molecule has 0 bridgehead atoms. The van der Waals surface area contributed by atoms with Crippen LogP contribution in [0.15, 0.2) is 13.2 Å². The average molecular weight is 224 g/mol. The Bertz CT molecular complexity index is 390. The third-order valence-electron chi connectivity index (χ3n) is 2.28.